The highest BCUT2D eigenvalue weighted by Gasteiger charge is 2.39. The summed E-state index contributed by atoms with van der Waals surface area (Å²) in [6.45, 7) is 0.552. The maximum atomic E-state index is 2.39. The molecule has 0 unspecified atom stereocenters. The van der Waals surface area contributed by atoms with E-state index in [1.165, 1.54) is 25.7 Å². The fourth-order valence-corrected chi connectivity index (χ4v) is 4.36. The summed E-state index contributed by atoms with van der Waals surface area (Å²) < 4.78 is 0. The Morgan fingerprint density at radius 2 is 1.37 bits per heavy atom. The first-order chi connectivity index (χ1) is 9.42. The molecule has 0 saturated heterocycles. The van der Waals surface area contributed by atoms with E-state index in [9.17, 15) is 0 Å². The van der Waals surface area contributed by atoms with Gasteiger partial charge in [-0.15, -0.1) is 0 Å². The fraction of sp³-hybridized carbons (Fsp3) is 0.222. The van der Waals surface area contributed by atoms with Crippen molar-refractivity contribution < 1.29 is 0 Å². The third kappa shape index (κ3) is 1.21. The molecule has 0 N–H and O–H groups in total. The first-order valence-corrected chi connectivity index (χ1v) is 7.29. The normalized spacial score (nSPS) is 22.0. The van der Waals surface area contributed by atoms with Crippen LogP contribution in [-0.4, -0.2) is 6.71 Å². The number of hydrogen-bond acceptors (Lipinski definition) is 0. The quantitative estimate of drug-likeness (QED) is 0.613. The Hall–Kier alpha value is -1.76. The van der Waals surface area contributed by atoms with Crippen LogP contribution in [0.2, 0.25) is 0 Å². The van der Waals surface area contributed by atoms with Crippen LogP contribution in [0.5, 0.6) is 0 Å². The van der Waals surface area contributed by atoms with Crippen LogP contribution < -0.4 is 5.46 Å². The van der Waals surface area contributed by atoms with Crippen molar-refractivity contribution in [2.24, 2.45) is 0 Å². The molecule has 0 bridgehead atoms. The molecule has 19 heavy (non-hydrogen) atoms. The first kappa shape index (κ1) is 10.1. The lowest BCUT2D eigenvalue weighted by Gasteiger charge is -2.32. The van der Waals surface area contributed by atoms with Gasteiger partial charge in [-0.3, -0.25) is 0 Å². The van der Waals surface area contributed by atoms with Crippen LogP contribution in [0.1, 0.15) is 24.0 Å². The lowest BCUT2D eigenvalue weighted by Crippen LogP contribution is -2.45. The van der Waals surface area contributed by atoms with Crippen molar-refractivity contribution in [1.82, 2.24) is 0 Å². The molecule has 90 valence electrons. The predicted molar refractivity (Wildman–Crippen MR) is 80.8 cm³/mol. The first-order valence-electron chi connectivity index (χ1n) is 7.29. The minimum atomic E-state index is 0.552. The Kier molecular flexibility index (Phi) is 1.81. The van der Waals surface area contributed by atoms with Gasteiger partial charge in [0.1, 0.15) is 0 Å². The molecule has 0 spiro atoms. The Bertz CT molecular complexity index is 670. The van der Waals surface area contributed by atoms with Crippen molar-refractivity contribution >= 4 is 12.2 Å². The third-order valence-corrected chi connectivity index (χ3v) is 5.14. The van der Waals surface area contributed by atoms with Crippen molar-refractivity contribution in [3.63, 3.8) is 0 Å². The van der Waals surface area contributed by atoms with Crippen molar-refractivity contribution in [3.05, 3.63) is 75.7 Å². The van der Waals surface area contributed by atoms with E-state index in [0.29, 0.717) is 6.71 Å². The van der Waals surface area contributed by atoms with Gasteiger partial charge in [-0.1, -0.05) is 70.1 Å². The SMILES string of the molecule is C1=CC2=C(C1)Cc1cccc3c1B2C1=C(CC=C1)C3. The van der Waals surface area contributed by atoms with Gasteiger partial charge in [-0.25, -0.2) is 0 Å². The molecule has 1 aromatic carbocycles. The average Bonchev–Trinajstić information content (AvgIpc) is 3.05. The maximum Gasteiger partial charge on any atom is 0.241 e. The predicted octanol–water partition coefficient (Wildman–Crippen LogP) is 3.09. The number of allylic oxidation sites excluding steroid dienone is 8. The Morgan fingerprint density at radius 1 is 0.789 bits per heavy atom. The number of hydrogen-bond donors (Lipinski definition) is 0. The van der Waals surface area contributed by atoms with Gasteiger partial charge in [0.15, 0.2) is 0 Å². The smallest absolute Gasteiger partial charge is 0.0810 e. The summed E-state index contributed by atoms with van der Waals surface area (Å²) >= 11 is 0. The van der Waals surface area contributed by atoms with Crippen LogP contribution >= 0.6 is 0 Å². The van der Waals surface area contributed by atoms with Crippen molar-refractivity contribution in [2.45, 2.75) is 25.7 Å². The highest BCUT2D eigenvalue weighted by molar-refractivity contribution is 6.88. The maximum absolute atomic E-state index is 2.39. The Morgan fingerprint density at radius 3 is 1.95 bits per heavy atom. The Balaban J connectivity index is 1.83. The van der Waals surface area contributed by atoms with Gasteiger partial charge >= 0.3 is 0 Å². The van der Waals surface area contributed by atoms with Crippen LogP contribution in [0.4, 0.5) is 0 Å². The molecule has 2 heterocycles. The van der Waals surface area contributed by atoms with Crippen molar-refractivity contribution in [1.29, 1.82) is 0 Å². The molecule has 2 aliphatic carbocycles. The molecule has 0 nitrogen and oxygen atoms in total. The van der Waals surface area contributed by atoms with Gasteiger partial charge in [0.05, 0.1) is 0 Å². The molecule has 0 radical (unpaired) electrons. The minimum Gasteiger partial charge on any atom is -0.0810 e. The fourth-order valence-electron chi connectivity index (χ4n) is 4.36. The van der Waals surface area contributed by atoms with Crippen LogP contribution in [0, 0.1) is 0 Å². The van der Waals surface area contributed by atoms with Gasteiger partial charge in [0.2, 0.25) is 6.71 Å². The standard InChI is InChI=1S/C18H15B/c1-6-14-10-12-4-2-8-16(12)19-17-9-3-5-13(17)11-15(7-1)18(14)19/h1-3,6-9H,4-5,10-11H2. The zero-order valence-electron chi connectivity index (χ0n) is 10.9. The summed E-state index contributed by atoms with van der Waals surface area (Å²) in [5.74, 6) is 0. The number of fused-ring (bicyclic) bond motifs is 2. The second-order valence-corrected chi connectivity index (χ2v) is 6.11. The van der Waals surface area contributed by atoms with Crippen molar-refractivity contribution in [3.8, 4) is 0 Å². The zero-order valence-corrected chi connectivity index (χ0v) is 10.9. The molecular weight excluding hydrogens is 227 g/mol. The van der Waals surface area contributed by atoms with E-state index < -0.39 is 0 Å². The lowest BCUT2D eigenvalue weighted by atomic mass is 9.30. The highest BCUT2D eigenvalue weighted by Crippen LogP contribution is 2.38. The largest absolute Gasteiger partial charge is 0.241 e. The van der Waals surface area contributed by atoms with Crippen molar-refractivity contribution in [2.75, 3.05) is 0 Å². The second kappa shape index (κ2) is 3.42. The monoisotopic (exact) mass is 242 g/mol. The van der Waals surface area contributed by atoms with Crippen LogP contribution in [-0.2, 0) is 12.8 Å². The van der Waals surface area contributed by atoms with E-state index in [-0.39, 0.29) is 0 Å². The zero-order chi connectivity index (χ0) is 12.4. The minimum absolute atomic E-state index is 0.552. The third-order valence-electron chi connectivity index (χ3n) is 5.14. The van der Waals surface area contributed by atoms with Crippen LogP contribution in [0.25, 0.3) is 0 Å². The molecule has 0 fully saturated rings. The van der Waals surface area contributed by atoms with E-state index in [4.69, 9.17) is 0 Å². The summed E-state index contributed by atoms with van der Waals surface area (Å²) in [7, 11) is 0. The van der Waals surface area contributed by atoms with Gasteiger partial charge in [0.25, 0.3) is 0 Å². The molecule has 0 saturated carbocycles. The topological polar surface area (TPSA) is 0 Å². The molecule has 0 aromatic heterocycles. The number of benzene rings is 1. The summed E-state index contributed by atoms with van der Waals surface area (Å²) in [5, 5.41) is 0. The van der Waals surface area contributed by atoms with Gasteiger partial charge in [-0.05, 0) is 36.8 Å². The van der Waals surface area contributed by atoms with Gasteiger partial charge in [-0.2, -0.15) is 0 Å². The van der Waals surface area contributed by atoms with E-state index in [2.05, 4.69) is 42.5 Å². The van der Waals surface area contributed by atoms with E-state index in [1.807, 2.05) is 0 Å². The second-order valence-electron chi connectivity index (χ2n) is 6.11. The summed E-state index contributed by atoms with van der Waals surface area (Å²) in [4.78, 5) is 0. The Labute approximate surface area is 114 Å². The number of rotatable bonds is 0. The van der Waals surface area contributed by atoms with E-state index in [1.54, 1.807) is 38.7 Å². The van der Waals surface area contributed by atoms with Crippen LogP contribution in [0.15, 0.2) is 64.6 Å². The summed E-state index contributed by atoms with van der Waals surface area (Å²) in [6.07, 6.45) is 14.2. The molecule has 0 atom stereocenters. The lowest BCUT2D eigenvalue weighted by molar-refractivity contribution is 1.04. The molecule has 5 rings (SSSR count). The summed E-state index contributed by atoms with van der Waals surface area (Å²) in [5.41, 5.74) is 11.3. The molecule has 0 amide bonds. The highest BCUT2D eigenvalue weighted by atomic mass is 14.3. The molecule has 1 heteroatoms. The molecular formula is C18H15B. The van der Waals surface area contributed by atoms with Gasteiger partial charge in [0, 0.05) is 0 Å². The average molecular weight is 242 g/mol. The van der Waals surface area contributed by atoms with Gasteiger partial charge < -0.3 is 0 Å². The van der Waals surface area contributed by atoms with Crippen LogP contribution in [0.3, 0.4) is 0 Å². The summed E-state index contributed by atoms with van der Waals surface area (Å²) in [6, 6.07) is 6.95. The molecule has 4 aliphatic rings. The molecule has 2 aliphatic heterocycles. The molecule has 1 aromatic rings. The van der Waals surface area contributed by atoms with E-state index in [0.717, 1.165) is 0 Å². The van der Waals surface area contributed by atoms with E-state index >= 15 is 0 Å².